The Balaban J connectivity index is 3.84. The molecule has 0 aliphatic carbocycles. The highest BCUT2D eigenvalue weighted by Gasteiger charge is 2.18. The highest BCUT2D eigenvalue weighted by Crippen LogP contribution is 2.18. The van der Waals surface area contributed by atoms with Crippen LogP contribution in [0.5, 0.6) is 0 Å². The van der Waals surface area contributed by atoms with Crippen LogP contribution in [0, 0.1) is 5.92 Å². The van der Waals surface area contributed by atoms with E-state index in [0.717, 1.165) is 32.1 Å². The maximum absolute atomic E-state index is 12.4. The molecule has 0 rings (SSSR count). The second-order valence-electron chi connectivity index (χ2n) is 8.66. The van der Waals surface area contributed by atoms with Crippen molar-refractivity contribution in [2.24, 2.45) is 5.92 Å². The van der Waals surface area contributed by atoms with Crippen molar-refractivity contribution in [3.8, 4) is 0 Å². The van der Waals surface area contributed by atoms with Crippen molar-refractivity contribution in [3.05, 3.63) is 12.7 Å². The van der Waals surface area contributed by atoms with Gasteiger partial charge in [0.05, 0.1) is 5.92 Å². The first-order valence-corrected chi connectivity index (χ1v) is 12.5. The van der Waals surface area contributed by atoms with Crippen LogP contribution in [0.25, 0.3) is 0 Å². The van der Waals surface area contributed by atoms with Gasteiger partial charge in [0, 0.05) is 6.42 Å². The molecule has 0 spiro atoms. The number of rotatable bonds is 21. The largest absolute Gasteiger partial charge is 0.462 e. The normalized spacial score (nSPS) is 13.2. The van der Waals surface area contributed by atoms with E-state index in [2.05, 4.69) is 20.4 Å². The molecule has 0 fully saturated rings. The lowest BCUT2D eigenvalue weighted by atomic mass is 10.0. The van der Waals surface area contributed by atoms with Gasteiger partial charge in [0.1, 0.15) is 6.10 Å². The van der Waals surface area contributed by atoms with Crippen LogP contribution in [0.3, 0.4) is 0 Å². The molecule has 0 heterocycles. The zero-order valence-corrected chi connectivity index (χ0v) is 19.5. The fourth-order valence-corrected chi connectivity index (χ4v) is 3.72. The molecule has 0 amide bonds. The van der Waals surface area contributed by atoms with Crippen LogP contribution < -0.4 is 0 Å². The lowest BCUT2D eigenvalue weighted by Gasteiger charge is -2.19. The number of carbonyl (C=O) groups is 1. The van der Waals surface area contributed by atoms with Crippen molar-refractivity contribution in [2.45, 2.75) is 142 Å². The molecule has 166 valence electrons. The van der Waals surface area contributed by atoms with Crippen molar-refractivity contribution >= 4 is 5.97 Å². The number of ether oxygens (including phenoxy) is 1. The Kier molecular flexibility index (Phi) is 20.3. The van der Waals surface area contributed by atoms with E-state index in [9.17, 15) is 4.79 Å². The van der Waals surface area contributed by atoms with Crippen LogP contribution in [0.4, 0.5) is 0 Å². The van der Waals surface area contributed by atoms with Crippen LogP contribution in [-0.4, -0.2) is 12.1 Å². The van der Waals surface area contributed by atoms with Crippen LogP contribution in [0.15, 0.2) is 12.7 Å². The van der Waals surface area contributed by atoms with E-state index in [1.807, 2.05) is 13.0 Å². The van der Waals surface area contributed by atoms with Gasteiger partial charge < -0.3 is 4.74 Å². The predicted octanol–water partition coefficient (Wildman–Crippen LogP) is 8.78. The highest BCUT2D eigenvalue weighted by molar-refractivity contribution is 5.72. The molecule has 0 bridgehead atoms. The summed E-state index contributed by atoms with van der Waals surface area (Å²) in [5, 5.41) is 0. The van der Waals surface area contributed by atoms with E-state index < -0.39 is 0 Å². The SMILES string of the molecule is C=CCC(CCCCCCCCCC)OC(=O)C(C)CCCCCCCCC. The summed E-state index contributed by atoms with van der Waals surface area (Å²) in [5.74, 6) is 0.0268. The van der Waals surface area contributed by atoms with Gasteiger partial charge in [-0.25, -0.2) is 0 Å². The summed E-state index contributed by atoms with van der Waals surface area (Å²) < 4.78 is 5.81. The molecule has 0 saturated carbocycles. The quantitative estimate of drug-likeness (QED) is 0.110. The van der Waals surface area contributed by atoms with Gasteiger partial charge in [-0.05, 0) is 19.3 Å². The fraction of sp³-hybridized carbons (Fsp3) is 0.885. The first-order chi connectivity index (χ1) is 13.7. The van der Waals surface area contributed by atoms with Gasteiger partial charge in [-0.15, -0.1) is 6.58 Å². The maximum atomic E-state index is 12.4. The molecule has 2 nitrogen and oxygen atoms in total. The minimum Gasteiger partial charge on any atom is -0.462 e. The van der Waals surface area contributed by atoms with Gasteiger partial charge in [0.2, 0.25) is 0 Å². The monoisotopic (exact) mass is 394 g/mol. The van der Waals surface area contributed by atoms with Crippen LogP contribution in [0.2, 0.25) is 0 Å². The average Bonchev–Trinajstić information content (AvgIpc) is 2.69. The summed E-state index contributed by atoms with van der Waals surface area (Å²) >= 11 is 0. The third-order valence-electron chi connectivity index (χ3n) is 5.74. The lowest BCUT2D eigenvalue weighted by Crippen LogP contribution is -2.22. The smallest absolute Gasteiger partial charge is 0.308 e. The fourth-order valence-electron chi connectivity index (χ4n) is 3.72. The third-order valence-corrected chi connectivity index (χ3v) is 5.74. The number of unbranched alkanes of at least 4 members (excludes halogenated alkanes) is 13. The molecule has 2 atom stereocenters. The van der Waals surface area contributed by atoms with E-state index in [0.29, 0.717) is 0 Å². The zero-order valence-electron chi connectivity index (χ0n) is 19.5. The van der Waals surface area contributed by atoms with E-state index in [4.69, 9.17) is 4.74 Å². The van der Waals surface area contributed by atoms with Crippen molar-refractivity contribution in [1.82, 2.24) is 0 Å². The number of hydrogen-bond acceptors (Lipinski definition) is 2. The summed E-state index contributed by atoms with van der Waals surface area (Å²) in [6, 6.07) is 0. The lowest BCUT2D eigenvalue weighted by molar-refractivity contribution is -0.154. The van der Waals surface area contributed by atoms with E-state index in [1.165, 1.54) is 83.5 Å². The standard InChI is InChI=1S/C26H50O2/c1-5-8-10-12-14-16-18-20-23-25(21-7-3)28-26(27)24(4)22-19-17-15-13-11-9-6-2/h7,24-25H,3,5-6,8-23H2,1-2,4H3. The van der Waals surface area contributed by atoms with Crippen molar-refractivity contribution in [1.29, 1.82) is 0 Å². The molecule has 0 aromatic heterocycles. The zero-order chi connectivity index (χ0) is 20.9. The van der Waals surface area contributed by atoms with Gasteiger partial charge in [0.25, 0.3) is 0 Å². The Bertz CT molecular complexity index is 350. The highest BCUT2D eigenvalue weighted by atomic mass is 16.5. The molecule has 0 radical (unpaired) electrons. The molecule has 0 N–H and O–H groups in total. The van der Waals surface area contributed by atoms with Gasteiger partial charge >= 0.3 is 5.97 Å². The molecule has 28 heavy (non-hydrogen) atoms. The Labute approximate surface area is 176 Å². The minimum atomic E-state index is -0.00241. The molecule has 0 aromatic carbocycles. The first kappa shape index (κ1) is 27.2. The number of esters is 1. The van der Waals surface area contributed by atoms with E-state index >= 15 is 0 Å². The van der Waals surface area contributed by atoms with Crippen LogP contribution >= 0.6 is 0 Å². The number of carbonyl (C=O) groups excluding carboxylic acids is 1. The molecule has 2 unspecified atom stereocenters. The summed E-state index contributed by atoms with van der Waals surface area (Å²) in [6.45, 7) is 10.4. The maximum Gasteiger partial charge on any atom is 0.308 e. The molecular weight excluding hydrogens is 344 g/mol. The average molecular weight is 395 g/mol. The second-order valence-corrected chi connectivity index (χ2v) is 8.66. The Hall–Kier alpha value is -0.790. The van der Waals surface area contributed by atoms with Crippen molar-refractivity contribution in [2.75, 3.05) is 0 Å². The molecule has 2 heteroatoms. The van der Waals surface area contributed by atoms with Gasteiger partial charge in [-0.2, -0.15) is 0 Å². The number of hydrogen-bond donors (Lipinski definition) is 0. The van der Waals surface area contributed by atoms with Gasteiger partial charge in [-0.1, -0.05) is 117 Å². The van der Waals surface area contributed by atoms with Gasteiger partial charge in [0.15, 0.2) is 0 Å². The summed E-state index contributed by atoms with van der Waals surface area (Å²) in [6.07, 6.45) is 24.2. The van der Waals surface area contributed by atoms with Crippen molar-refractivity contribution < 1.29 is 9.53 Å². The summed E-state index contributed by atoms with van der Waals surface area (Å²) in [4.78, 5) is 12.4. The minimum absolute atomic E-state index is 0.00241. The topological polar surface area (TPSA) is 26.3 Å². The Morgan fingerprint density at radius 1 is 0.750 bits per heavy atom. The molecule has 0 aliphatic heterocycles. The third kappa shape index (κ3) is 17.3. The van der Waals surface area contributed by atoms with Gasteiger partial charge in [-0.3, -0.25) is 4.79 Å². The second kappa shape index (κ2) is 20.9. The van der Waals surface area contributed by atoms with Crippen molar-refractivity contribution in [3.63, 3.8) is 0 Å². The van der Waals surface area contributed by atoms with E-state index in [-0.39, 0.29) is 18.0 Å². The molecular formula is C26H50O2. The van der Waals surface area contributed by atoms with Crippen LogP contribution in [-0.2, 0) is 9.53 Å². The predicted molar refractivity (Wildman–Crippen MR) is 124 cm³/mol. The summed E-state index contributed by atoms with van der Waals surface area (Å²) in [5.41, 5.74) is 0. The Morgan fingerprint density at radius 2 is 1.18 bits per heavy atom. The molecule has 0 aromatic rings. The molecule has 0 saturated heterocycles. The van der Waals surface area contributed by atoms with Crippen LogP contribution in [0.1, 0.15) is 136 Å². The molecule has 0 aliphatic rings. The van der Waals surface area contributed by atoms with E-state index in [1.54, 1.807) is 0 Å². The first-order valence-electron chi connectivity index (χ1n) is 12.5. The summed E-state index contributed by atoms with van der Waals surface area (Å²) in [7, 11) is 0. The Morgan fingerprint density at radius 3 is 1.64 bits per heavy atom.